The van der Waals surface area contributed by atoms with E-state index in [1.54, 1.807) is 23.5 Å². The molecule has 2 N–H and O–H groups in total. The molecule has 1 unspecified atom stereocenters. The van der Waals surface area contributed by atoms with Crippen molar-refractivity contribution in [2.45, 2.75) is 32.3 Å². The average molecular weight is 514 g/mol. The number of aliphatic carboxylic acids is 1. The van der Waals surface area contributed by atoms with Crippen LogP contribution in [0.5, 0.6) is 11.5 Å². The molecule has 0 aliphatic carbocycles. The molecule has 36 heavy (non-hydrogen) atoms. The van der Waals surface area contributed by atoms with Gasteiger partial charge in [-0.25, -0.2) is 4.98 Å². The molecule has 0 radical (unpaired) electrons. The van der Waals surface area contributed by atoms with Crippen LogP contribution in [-0.4, -0.2) is 89.6 Å². The topological polar surface area (TPSA) is 95.4 Å². The van der Waals surface area contributed by atoms with Crippen molar-refractivity contribution >= 4 is 27.5 Å². The Morgan fingerprint density at radius 1 is 1.03 bits per heavy atom. The van der Waals surface area contributed by atoms with Gasteiger partial charge in [-0.2, -0.15) is 0 Å². The number of fused-ring (bicyclic) bond motifs is 1. The minimum atomic E-state index is -0.828. The molecule has 0 amide bonds. The first kappa shape index (κ1) is 26.3. The first-order chi connectivity index (χ1) is 17.4. The monoisotopic (exact) mass is 513 g/mol. The normalized spacial score (nSPS) is 15.7. The molecule has 9 heteroatoms. The number of aliphatic hydroxyl groups is 1. The molecule has 4 rings (SSSR count). The highest BCUT2D eigenvalue weighted by Crippen LogP contribution is 2.25. The average Bonchev–Trinajstić information content (AvgIpc) is 3.23. The summed E-state index contributed by atoms with van der Waals surface area (Å²) in [6, 6.07) is 13.2. The third-order valence-corrected chi connectivity index (χ3v) is 7.21. The summed E-state index contributed by atoms with van der Waals surface area (Å²) in [7, 11) is 0. The molecule has 194 valence electrons. The number of piperazine rings is 1. The number of carboxylic acids is 1. The number of aryl methyl sites for hydroxylation is 1. The number of hydrogen-bond acceptors (Lipinski definition) is 8. The number of nitrogens with zero attached hydrogens (tertiary/aromatic N) is 3. The van der Waals surface area contributed by atoms with E-state index in [2.05, 4.69) is 14.8 Å². The Hall–Kier alpha value is -2.72. The predicted octanol–water partition coefficient (Wildman–Crippen LogP) is 3.45. The van der Waals surface area contributed by atoms with Gasteiger partial charge >= 0.3 is 5.97 Å². The van der Waals surface area contributed by atoms with Crippen LogP contribution >= 0.6 is 11.3 Å². The number of hydrogen-bond donors (Lipinski definition) is 2. The van der Waals surface area contributed by atoms with Gasteiger partial charge < -0.3 is 24.6 Å². The summed E-state index contributed by atoms with van der Waals surface area (Å²) >= 11 is 1.67. The van der Waals surface area contributed by atoms with Crippen LogP contribution in [0.4, 0.5) is 0 Å². The van der Waals surface area contributed by atoms with E-state index in [0.717, 1.165) is 77.9 Å². The zero-order valence-corrected chi connectivity index (χ0v) is 21.6. The summed E-state index contributed by atoms with van der Waals surface area (Å²) in [6.07, 6.45) is 1.54. The number of rotatable bonds is 13. The van der Waals surface area contributed by atoms with Crippen LogP contribution in [0.25, 0.3) is 10.2 Å². The van der Waals surface area contributed by atoms with Gasteiger partial charge in [0, 0.05) is 38.8 Å². The van der Waals surface area contributed by atoms with Crippen molar-refractivity contribution in [2.24, 2.45) is 0 Å². The number of aliphatic hydroxyl groups excluding tert-OH is 1. The largest absolute Gasteiger partial charge is 0.494 e. The summed E-state index contributed by atoms with van der Waals surface area (Å²) in [4.78, 5) is 20.0. The van der Waals surface area contributed by atoms with Crippen molar-refractivity contribution in [1.82, 2.24) is 14.8 Å². The van der Waals surface area contributed by atoms with Gasteiger partial charge in [-0.1, -0.05) is 12.1 Å². The third-order valence-electron chi connectivity index (χ3n) is 6.26. The Kier molecular flexibility index (Phi) is 9.52. The van der Waals surface area contributed by atoms with Crippen LogP contribution in [0.3, 0.4) is 0 Å². The number of carbonyl (C=O) groups is 1. The van der Waals surface area contributed by atoms with Gasteiger partial charge in [0.2, 0.25) is 0 Å². The lowest BCUT2D eigenvalue weighted by molar-refractivity contribution is -0.136. The SMILES string of the molecule is Cc1nc2cc(OCC(O)CN3CCN(CCCCOc4ccc(CC(=O)O)cc4)CC3)ccc2s1. The maximum Gasteiger partial charge on any atom is 0.307 e. The Morgan fingerprint density at radius 2 is 1.75 bits per heavy atom. The van der Waals surface area contributed by atoms with E-state index < -0.39 is 12.1 Å². The Balaban J connectivity index is 1.06. The lowest BCUT2D eigenvalue weighted by Crippen LogP contribution is -2.49. The van der Waals surface area contributed by atoms with E-state index >= 15 is 0 Å². The van der Waals surface area contributed by atoms with E-state index in [1.165, 1.54) is 0 Å². The molecule has 1 atom stereocenters. The van der Waals surface area contributed by atoms with Gasteiger partial charge in [-0.15, -0.1) is 11.3 Å². The number of aromatic nitrogens is 1. The highest BCUT2D eigenvalue weighted by Gasteiger charge is 2.19. The van der Waals surface area contributed by atoms with Crippen LogP contribution in [0.15, 0.2) is 42.5 Å². The lowest BCUT2D eigenvalue weighted by Gasteiger charge is -2.35. The number of thiazole rings is 1. The van der Waals surface area contributed by atoms with Crippen molar-refractivity contribution in [3.63, 3.8) is 0 Å². The van der Waals surface area contributed by atoms with E-state index in [1.807, 2.05) is 37.3 Å². The first-order valence-electron chi connectivity index (χ1n) is 12.5. The maximum absolute atomic E-state index is 10.7. The summed E-state index contributed by atoms with van der Waals surface area (Å²) in [5, 5.41) is 20.3. The molecule has 3 aromatic rings. The summed E-state index contributed by atoms with van der Waals surface area (Å²) in [5.74, 6) is 0.695. The van der Waals surface area contributed by atoms with E-state index in [9.17, 15) is 9.90 Å². The molecule has 1 aromatic heterocycles. The fourth-order valence-electron chi connectivity index (χ4n) is 4.36. The molecule has 1 aliphatic heterocycles. The molecular formula is C27H35N3O5S. The fourth-order valence-corrected chi connectivity index (χ4v) is 5.16. The molecule has 1 fully saturated rings. The zero-order chi connectivity index (χ0) is 25.3. The van der Waals surface area contributed by atoms with Gasteiger partial charge in [0.1, 0.15) is 24.2 Å². The Bertz CT molecular complexity index is 1110. The van der Waals surface area contributed by atoms with E-state index in [0.29, 0.717) is 13.2 Å². The molecular weight excluding hydrogens is 478 g/mol. The molecule has 1 aliphatic rings. The van der Waals surface area contributed by atoms with Crippen molar-refractivity contribution in [1.29, 1.82) is 0 Å². The second-order valence-corrected chi connectivity index (χ2v) is 10.5. The van der Waals surface area contributed by atoms with Gasteiger partial charge in [0.15, 0.2) is 0 Å². The minimum absolute atomic E-state index is 0.0322. The lowest BCUT2D eigenvalue weighted by atomic mass is 10.1. The molecule has 2 aromatic carbocycles. The number of carboxylic acid groups (broad SMARTS) is 1. The maximum atomic E-state index is 10.7. The predicted molar refractivity (Wildman–Crippen MR) is 141 cm³/mol. The number of β-amino-alcohol motifs (C(OH)–C–C–N with tert-alkyl or cyclic N) is 1. The quantitative estimate of drug-likeness (QED) is 0.336. The molecule has 0 spiro atoms. The van der Waals surface area contributed by atoms with E-state index in [4.69, 9.17) is 14.6 Å². The third kappa shape index (κ3) is 8.16. The van der Waals surface area contributed by atoms with Crippen molar-refractivity contribution < 1.29 is 24.5 Å². The van der Waals surface area contributed by atoms with Crippen molar-refractivity contribution in [3.05, 3.63) is 53.0 Å². The Morgan fingerprint density at radius 3 is 2.50 bits per heavy atom. The molecule has 0 bridgehead atoms. The first-order valence-corrected chi connectivity index (χ1v) is 13.3. The highest BCUT2D eigenvalue weighted by molar-refractivity contribution is 7.18. The van der Waals surface area contributed by atoms with Crippen LogP contribution in [-0.2, 0) is 11.2 Å². The summed E-state index contributed by atoms with van der Waals surface area (Å²) in [5.41, 5.74) is 1.72. The van der Waals surface area contributed by atoms with Crippen LogP contribution < -0.4 is 9.47 Å². The van der Waals surface area contributed by atoms with Gasteiger partial charge in [-0.05, 0) is 56.1 Å². The minimum Gasteiger partial charge on any atom is -0.494 e. The zero-order valence-electron chi connectivity index (χ0n) is 20.8. The standard InChI is InChI=1S/C27H35N3O5S/c1-20-28-25-17-24(8-9-26(25)36-20)35-19-22(31)18-30-13-11-29(12-14-30)10-2-3-15-34-23-6-4-21(5-7-23)16-27(32)33/h4-9,17,22,31H,2-3,10-16,18-19H2,1H3,(H,32,33). The van der Waals surface area contributed by atoms with Crippen molar-refractivity contribution in [3.8, 4) is 11.5 Å². The second kappa shape index (κ2) is 13.0. The van der Waals surface area contributed by atoms with Crippen LogP contribution in [0.2, 0.25) is 0 Å². The molecule has 8 nitrogen and oxygen atoms in total. The summed E-state index contributed by atoms with van der Waals surface area (Å²) < 4.78 is 12.7. The van der Waals surface area contributed by atoms with Crippen molar-refractivity contribution in [2.75, 3.05) is 52.5 Å². The van der Waals surface area contributed by atoms with E-state index in [-0.39, 0.29) is 13.0 Å². The number of ether oxygens (including phenoxy) is 2. The molecule has 2 heterocycles. The number of unbranched alkanes of at least 4 members (excludes halogenated alkanes) is 1. The second-order valence-electron chi connectivity index (χ2n) is 9.24. The molecule has 0 saturated carbocycles. The Labute approximate surface area is 216 Å². The number of benzene rings is 2. The van der Waals surface area contributed by atoms with Crippen LogP contribution in [0, 0.1) is 6.92 Å². The van der Waals surface area contributed by atoms with Gasteiger partial charge in [0.05, 0.1) is 28.3 Å². The molecule has 1 saturated heterocycles. The fraction of sp³-hybridized carbons (Fsp3) is 0.481. The highest BCUT2D eigenvalue weighted by atomic mass is 32.1. The smallest absolute Gasteiger partial charge is 0.307 e. The summed E-state index contributed by atoms with van der Waals surface area (Å²) in [6.45, 7) is 8.47. The van der Waals surface area contributed by atoms with Gasteiger partial charge in [-0.3, -0.25) is 9.69 Å². The van der Waals surface area contributed by atoms with Crippen LogP contribution in [0.1, 0.15) is 23.4 Å². The van der Waals surface area contributed by atoms with Gasteiger partial charge in [0.25, 0.3) is 0 Å².